The first kappa shape index (κ1) is 12.3. The van der Waals surface area contributed by atoms with Gasteiger partial charge in [-0.15, -0.1) is 0 Å². The van der Waals surface area contributed by atoms with Crippen molar-refractivity contribution in [2.75, 3.05) is 4.90 Å². The average molecular weight is 251 g/mol. The first-order chi connectivity index (χ1) is 9.09. The monoisotopic (exact) mass is 251 g/mol. The van der Waals surface area contributed by atoms with Gasteiger partial charge in [-0.3, -0.25) is 0 Å². The molecule has 0 radical (unpaired) electrons. The Labute approximate surface area is 115 Å². The molecule has 2 atom stereocenters. The minimum atomic E-state index is 0.543. The third kappa shape index (κ3) is 1.85. The molecule has 19 heavy (non-hydrogen) atoms. The Morgan fingerprint density at radius 3 is 2.21 bits per heavy atom. The normalized spacial score (nSPS) is 23.5. The highest BCUT2D eigenvalue weighted by molar-refractivity contribution is 5.86. The molecule has 3 rings (SSSR count). The van der Waals surface area contributed by atoms with Crippen LogP contribution in [0.2, 0.25) is 0 Å². The average Bonchev–Trinajstić information content (AvgIpc) is 2.63. The van der Waals surface area contributed by atoms with Crippen LogP contribution in [0.3, 0.4) is 0 Å². The SMILES string of the molecule is CC1=C(C)N(c2ccc3ccccc3c2)C(C)C1C. The number of fused-ring (bicyclic) bond motifs is 1. The zero-order valence-corrected chi connectivity index (χ0v) is 12.1. The van der Waals surface area contributed by atoms with Crippen LogP contribution >= 0.6 is 0 Å². The van der Waals surface area contributed by atoms with Gasteiger partial charge in [0.25, 0.3) is 0 Å². The summed E-state index contributed by atoms with van der Waals surface area (Å²) in [4.78, 5) is 2.48. The van der Waals surface area contributed by atoms with Crippen LogP contribution in [-0.2, 0) is 0 Å². The molecular formula is C18H21N. The molecule has 0 aromatic heterocycles. The summed E-state index contributed by atoms with van der Waals surface area (Å²) >= 11 is 0. The Morgan fingerprint density at radius 1 is 0.895 bits per heavy atom. The van der Waals surface area contributed by atoms with Gasteiger partial charge in [0.05, 0.1) is 0 Å². The molecule has 1 aliphatic rings. The van der Waals surface area contributed by atoms with Gasteiger partial charge in [0.1, 0.15) is 0 Å². The second-order valence-electron chi connectivity index (χ2n) is 5.70. The number of nitrogens with zero attached hydrogens (tertiary/aromatic N) is 1. The molecule has 0 aliphatic carbocycles. The fraction of sp³-hybridized carbons (Fsp3) is 0.333. The van der Waals surface area contributed by atoms with Crippen LogP contribution in [0.25, 0.3) is 10.8 Å². The van der Waals surface area contributed by atoms with Gasteiger partial charge in [-0.1, -0.05) is 37.3 Å². The Morgan fingerprint density at radius 2 is 1.58 bits per heavy atom. The molecule has 1 aliphatic heterocycles. The molecule has 2 aromatic rings. The van der Waals surface area contributed by atoms with Crippen molar-refractivity contribution in [1.82, 2.24) is 0 Å². The number of hydrogen-bond donors (Lipinski definition) is 0. The minimum Gasteiger partial charge on any atom is -0.342 e. The fourth-order valence-electron chi connectivity index (χ4n) is 3.17. The van der Waals surface area contributed by atoms with Crippen molar-refractivity contribution >= 4 is 16.5 Å². The van der Waals surface area contributed by atoms with Crippen molar-refractivity contribution in [3.8, 4) is 0 Å². The van der Waals surface area contributed by atoms with Gasteiger partial charge in [-0.05, 0) is 55.2 Å². The molecule has 0 spiro atoms. The quantitative estimate of drug-likeness (QED) is 0.691. The third-order valence-corrected chi connectivity index (χ3v) is 4.76. The molecule has 0 amide bonds. The van der Waals surface area contributed by atoms with Crippen LogP contribution in [0.1, 0.15) is 27.7 Å². The topological polar surface area (TPSA) is 3.24 Å². The summed E-state index contributed by atoms with van der Waals surface area (Å²) in [6, 6.07) is 15.9. The standard InChI is InChI=1S/C18H21N/c1-12-13(2)15(4)19(14(12)3)18-10-9-16-7-5-6-8-17(16)11-18/h5-12,14H,1-4H3. The van der Waals surface area contributed by atoms with Gasteiger partial charge in [0.15, 0.2) is 0 Å². The fourth-order valence-corrected chi connectivity index (χ4v) is 3.17. The zero-order valence-electron chi connectivity index (χ0n) is 12.1. The summed E-state index contributed by atoms with van der Waals surface area (Å²) in [5.74, 6) is 0.631. The van der Waals surface area contributed by atoms with Crippen molar-refractivity contribution < 1.29 is 0 Å². The summed E-state index contributed by atoms with van der Waals surface area (Å²) in [6.07, 6.45) is 0. The third-order valence-electron chi connectivity index (χ3n) is 4.76. The van der Waals surface area contributed by atoms with E-state index in [1.807, 2.05) is 0 Å². The Hall–Kier alpha value is -1.76. The Balaban J connectivity index is 2.10. The number of anilines is 1. The molecule has 0 fully saturated rings. The maximum absolute atomic E-state index is 2.48. The number of allylic oxidation sites excluding steroid dienone is 1. The molecular weight excluding hydrogens is 230 g/mol. The first-order valence-corrected chi connectivity index (χ1v) is 7.05. The van der Waals surface area contributed by atoms with Crippen LogP contribution in [0.15, 0.2) is 53.7 Å². The lowest BCUT2D eigenvalue weighted by molar-refractivity contribution is 0.578. The summed E-state index contributed by atoms with van der Waals surface area (Å²) in [6.45, 7) is 9.15. The lowest BCUT2D eigenvalue weighted by Crippen LogP contribution is -2.29. The Bertz CT molecular complexity index is 654. The first-order valence-electron chi connectivity index (χ1n) is 7.05. The molecule has 2 unspecified atom stereocenters. The highest BCUT2D eigenvalue weighted by Crippen LogP contribution is 2.37. The van der Waals surface area contributed by atoms with Crippen LogP contribution in [0, 0.1) is 5.92 Å². The van der Waals surface area contributed by atoms with Crippen molar-refractivity contribution in [2.45, 2.75) is 33.7 Å². The van der Waals surface area contributed by atoms with Gasteiger partial charge in [0.2, 0.25) is 0 Å². The van der Waals surface area contributed by atoms with Gasteiger partial charge < -0.3 is 4.90 Å². The molecule has 0 saturated heterocycles. The zero-order chi connectivity index (χ0) is 13.6. The van der Waals surface area contributed by atoms with Crippen LogP contribution in [0.5, 0.6) is 0 Å². The lowest BCUT2D eigenvalue weighted by atomic mass is 9.99. The largest absolute Gasteiger partial charge is 0.342 e. The van der Waals surface area contributed by atoms with E-state index in [2.05, 4.69) is 75.1 Å². The maximum atomic E-state index is 2.48. The second-order valence-corrected chi connectivity index (χ2v) is 5.70. The van der Waals surface area contributed by atoms with E-state index in [9.17, 15) is 0 Å². The minimum absolute atomic E-state index is 0.543. The molecule has 0 bridgehead atoms. The van der Waals surface area contributed by atoms with E-state index in [0.717, 1.165) is 0 Å². The highest BCUT2D eigenvalue weighted by Gasteiger charge is 2.31. The highest BCUT2D eigenvalue weighted by atomic mass is 15.2. The van der Waals surface area contributed by atoms with E-state index in [1.165, 1.54) is 27.7 Å². The van der Waals surface area contributed by atoms with Gasteiger partial charge in [-0.2, -0.15) is 0 Å². The predicted molar refractivity (Wildman–Crippen MR) is 83.4 cm³/mol. The van der Waals surface area contributed by atoms with E-state index in [4.69, 9.17) is 0 Å². The molecule has 0 N–H and O–H groups in total. The van der Waals surface area contributed by atoms with Crippen molar-refractivity contribution in [3.05, 3.63) is 53.7 Å². The molecule has 2 aromatic carbocycles. The molecule has 0 saturated carbocycles. The van der Waals surface area contributed by atoms with E-state index >= 15 is 0 Å². The Kier molecular flexibility index (Phi) is 2.85. The number of rotatable bonds is 1. The number of benzene rings is 2. The van der Waals surface area contributed by atoms with E-state index in [1.54, 1.807) is 0 Å². The predicted octanol–water partition coefficient (Wildman–Crippen LogP) is 4.98. The summed E-state index contributed by atoms with van der Waals surface area (Å²) in [5.41, 5.74) is 4.24. The second kappa shape index (κ2) is 4.41. The van der Waals surface area contributed by atoms with E-state index < -0.39 is 0 Å². The van der Waals surface area contributed by atoms with E-state index in [-0.39, 0.29) is 0 Å². The molecule has 1 nitrogen and oxygen atoms in total. The van der Waals surface area contributed by atoms with E-state index in [0.29, 0.717) is 12.0 Å². The summed E-state index contributed by atoms with van der Waals surface area (Å²) in [7, 11) is 0. The van der Waals surface area contributed by atoms with Crippen molar-refractivity contribution in [2.24, 2.45) is 5.92 Å². The van der Waals surface area contributed by atoms with Crippen LogP contribution < -0.4 is 4.90 Å². The molecule has 98 valence electrons. The van der Waals surface area contributed by atoms with Crippen molar-refractivity contribution in [1.29, 1.82) is 0 Å². The van der Waals surface area contributed by atoms with Gasteiger partial charge in [-0.25, -0.2) is 0 Å². The van der Waals surface area contributed by atoms with Gasteiger partial charge >= 0.3 is 0 Å². The van der Waals surface area contributed by atoms with Gasteiger partial charge in [0, 0.05) is 17.4 Å². The summed E-state index contributed by atoms with van der Waals surface area (Å²) in [5, 5.41) is 2.63. The van der Waals surface area contributed by atoms with Crippen molar-refractivity contribution in [3.63, 3.8) is 0 Å². The van der Waals surface area contributed by atoms with Crippen LogP contribution in [-0.4, -0.2) is 6.04 Å². The molecule has 1 heteroatoms. The lowest BCUT2D eigenvalue weighted by Gasteiger charge is -2.28. The summed E-state index contributed by atoms with van der Waals surface area (Å²) < 4.78 is 0. The maximum Gasteiger partial charge on any atom is 0.0417 e. The van der Waals surface area contributed by atoms with Crippen LogP contribution in [0.4, 0.5) is 5.69 Å². The molecule has 1 heterocycles. The smallest absolute Gasteiger partial charge is 0.0417 e. The number of hydrogen-bond acceptors (Lipinski definition) is 1.